The highest BCUT2D eigenvalue weighted by Gasteiger charge is 2.29. The van der Waals surface area contributed by atoms with Gasteiger partial charge >= 0.3 is 0 Å². The molecule has 0 radical (unpaired) electrons. The first-order valence-electron chi connectivity index (χ1n) is 10.7. The average molecular weight is 533 g/mol. The molecule has 1 saturated heterocycles. The highest BCUT2D eigenvalue weighted by atomic mass is 35.5. The van der Waals surface area contributed by atoms with Crippen molar-refractivity contribution in [2.45, 2.75) is 6.92 Å². The van der Waals surface area contributed by atoms with Crippen LogP contribution in [0.4, 0.5) is 5.69 Å². The Kier molecular flexibility index (Phi) is 6.67. The number of rotatable bonds is 3. The van der Waals surface area contributed by atoms with Crippen LogP contribution in [0.5, 0.6) is 0 Å². The van der Waals surface area contributed by atoms with E-state index in [4.69, 9.17) is 39.2 Å². The lowest BCUT2D eigenvalue weighted by Crippen LogP contribution is -2.47. The van der Waals surface area contributed by atoms with Crippen LogP contribution in [0, 0.1) is 6.92 Å². The van der Waals surface area contributed by atoms with E-state index in [9.17, 15) is 4.79 Å². The molecule has 0 saturated carbocycles. The van der Waals surface area contributed by atoms with Gasteiger partial charge in [0.15, 0.2) is 5.17 Å². The summed E-state index contributed by atoms with van der Waals surface area (Å²) >= 11 is 19.8. The van der Waals surface area contributed by atoms with Crippen molar-refractivity contribution >= 4 is 69.4 Å². The third-order valence-corrected chi connectivity index (χ3v) is 7.97. The first-order chi connectivity index (χ1) is 16.4. The largest absolute Gasteiger partial charge is 0.457 e. The van der Waals surface area contributed by atoms with Gasteiger partial charge in [0.05, 0.1) is 15.0 Å². The highest BCUT2D eigenvalue weighted by Crippen LogP contribution is 2.34. The van der Waals surface area contributed by atoms with Crippen molar-refractivity contribution in [1.29, 1.82) is 0 Å². The van der Waals surface area contributed by atoms with Crippen LogP contribution in [-0.4, -0.2) is 42.2 Å². The molecule has 5 nitrogen and oxygen atoms in total. The van der Waals surface area contributed by atoms with Gasteiger partial charge in [-0.1, -0.05) is 40.9 Å². The Morgan fingerprint density at radius 1 is 0.912 bits per heavy atom. The van der Waals surface area contributed by atoms with Crippen LogP contribution in [0.2, 0.25) is 15.1 Å². The monoisotopic (exact) mass is 531 g/mol. The van der Waals surface area contributed by atoms with Gasteiger partial charge in [-0.15, -0.1) is 0 Å². The molecule has 0 unspecified atom stereocenters. The number of carbonyl (C=O) groups excluding carboxylic acids is 1. The van der Waals surface area contributed by atoms with E-state index in [2.05, 4.69) is 20.9 Å². The summed E-state index contributed by atoms with van der Waals surface area (Å²) in [4.78, 5) is 21.8. The molecule has 0 N–H and O–H groups in total. The quantitative estimate of drug-likeness (QED) is 0.340. The standard InChI is InChI=1S/C25H20Cl3N3O2S/c1-15-2-4-17(13-20(15)27)30-8-10-31(11-9-30)25-29-24(32)23(34-25)14-18-5-7-22(33-18)16-3-6-19(26)21(28)12-16/h2-7,12-14H,8-11H2,1H3. The maximum atomic E-state index is 12.5. The van der Waals surface area contributed by atoms with Crippen LogP contribution in [-0.2, 0) is 4.79 Å². The number of hydrogen-bond donors (Lipinski definition) is 0. The number of hydrogen-bond acceptors (Lipinski definition) is 5. The average Bonchev–Trinajstić information content (AvgIpc) is 3.45. The number of aryl methyl sites for hydroxylation is 1. The summed E-state index contributed by atoms with van der Waals surface area (Å²) in [5.74, 6) is 0.976. The normalized spacial score (nSPS) is 17.6. The van der Waals surface area contributed by atoms with Crippen molar-refractivity contribution in [3.63, 3.8) is 0 Å². The molecule has 3 aromatic rings. The van der Waals surface area contributed by atoms with E-state index in [1.165, 1.54) is 11.8 Å². The predicted octanol–water partition coefficient (Wildman–Crippen LogP) is 7.01. The second-order valence-electron chi connectivity index (χ2n) is 8.05. The van der Waals surface area contributed by atoms with E-state index >= 15 is 0 Å². The molecule has 1 fully saturated rings. The summed E-state index contributed by atoms with van der Waals surface area (Å²) in [6, 6.07) is 15.1. The highest BCUT2D eigenvalue weighted by molar-refractivity contribution is 8.18. The Hall–Kier alpha value is -2.38. The van der Waals surface area contributed by atoms with E-state index in [1.807, 2.05) is 37.3 Å². The van der Waals surface area contributed by atoms with Gasteiger partial charge in [0, 0.05) is 48.5 Å². The van der Waals surface area contributed by atoms with E-state index in [0.717, 1.165) is 53.2 Å². The fourth-order valence-electron chi connectivity index (χ4n) is 3.83. The summed E-state index contributed by atoms with van der Waals surface area (Å²) in [6.45, 7) is 5.22. The minimum atomic E-state index is -0.250. The fraction of sp³-hybridized carbons (Fsp3) is 0.200. The Bertz CT molecular complexity index is 1330. The van der Waals surface area contributed by atoms with Gasteiger partial charge in [-0.25, -0.2) is 0 Å². The molecule has 9 heteroatoms. The topological polar surface area (TPSA) is 49.0 Å². The molecule has 0 bridgehead atoms. The van der Waals surface area contributed by atoms with Gasteiger partial charge in [-0.2, -0.15) is 4.99 Å². The number of aliphatic imine (C=N–C) groups is 1. The van der Waals surface area contributed by atoms with E-state index in [-0.39, 0.29) is 5.91 Å². The second kappa shape index (κ2) is 9.70. The Balaban J connectivity index is 1.23. The van der Waals surface area contributed by atoms with Gasteiger partial charge in [-0.05, 0) is 66.7 Å². The lowest BCUT2D eigenvalue weighted by atomic mass is 10.2. The van der Waals surface area contributed by atoms with Crippen molar-refractivity contribution in [1.82, 2.24) is 4.90 Å². The van der Waals surface area contributed by atoms with Crippen molar-refractivity contribution in [3.05, 3.63) is 79.8 Å². The predicted molar refractivity (Wildman–Crippen MR) is 142 cm³/mol. The number of piperazine rings is 1. The van der Waals surface area contributed by atoms with Gasteiger partial charge < -0.3 is 14.2 Å². The summed E-state index contributed by atoms with van der Waals surface area (Å²) in [5.41, 5.74) is 3.00. The molecule has 5 rings (SSSR count). The third-order valence-electron chi connectivity index (χ3n) is 5.78. The Labute approximate surface area is 217 Å². The zero-order valence-corrected chi connectivity index (χ0v) is 21.3. The zero-order valence-electron chi connectivity index (χ0n) is 18.2. The summed E-state index contributed by atoms with van der Waals surface area (Å²) < 4.78 is 5.91. The number of thioether (sulfide) groups is 1. The van der Waals surface area contributed by atoms with Crippen molar-refractivity contribution in [2.24, 2.45) is 4.99 Å². The number of furan rings is 1. The maximum Gasteiger partial charge on any atom is 0.286 e. The summed E-state index contributed by atoms with van der Waals surface area (Å²) in [6.07, 6.45) is 1.73. The smallest absolute Gasteiger partial charge is 0.286 e. The number of benzene rings is 2. The van der Waals surface area contributed by atoms with E-state index in [1.54, 1.807) is 18.2 Å². The first kappa shape index (κ1) is 23.4. The molecule has 0 spiro atoms. The minimum absolute atomic E-state index is 0.250. The number of amides is 1. The van der Waals surface area contributed by atoms with E-state index < -0.39 is 0 Å². The van der Waals surface area contributed by atoms with Gasteiger partial charge in [-0.3, -0.25) is 4.79 Å². The van der Waals surface area contributed by atoms with Crippen LogP contribution < -0.4 is 4.90 Å². The maximum absolute atomic E-state index is 12.5. The molecule has 0 aliphatic carbocycles. The molecule has 174 valence electrons. The molecule has 1 amide bonds. The molecule has 0 atom stereocenters. The molecule has 2 aliphatic rings. The summed E-state index contributed by atoms with van der Waals surface area (Å²) in [7, 11) is 0. The lowest BCUT2D eigenvalue weighted by Gasteiger charge is -2.36. The van der Waals surface area contributed by atoms with Crippen LogP contribution in [0.1, 0.15) is 11.3 Å². The summed E-state index contributed by atoms with van der Waals surface area (Å²) in [5, 5.41) is 2.45. The zero-order chi connectivity index (χ0) is 23.8. The number of halogens is 3. The minimum Gasteiger partial charge on any atom is -0.457 e. The van der Waals surface area contributed by atoms with Crippen LogP contribution in [0.15, 0.2) is 62.8 Å². The number of carbonyl (C=O) groups is 1. The molecule has 34 heavy (non-hydrogen) atoms. The van der Waals surface area contributed by atoms with Crippen LogP contribution in [0.25, 0.3) is 17.4 Å². The Morgan fingerprint density at radius 3 is 2.41 bits per heavy atom. The van der Waals surface area contributed by atoms with Gasteiger partial charge in [0.1, 0.15) is 11.5 Å². The molecular weight excluding hydrogens is 513 g/mol. The van der Waals surface area contributed by atoms with Crippen molar-refractivity contribution in [3.8, 4) is 11.3 Å². The third kappa shape index (κ3) is 4.86. The van der Waals surface area contributed by atoms with Crippen molar-refractivity contribution < 1.29 is 9.21 Å². The number of nitrogens with zero attached hydrogens (tertiary/aromatic N) is 3. The van der Waals surface area contributed by atoms with Gasteiger partial charge in [0.2, 0.25) is 0 Å². The van der Waals surface area contributed by atoms with Crippen LogP contribution in [0.3, 0.4) is 0 Å². The van der Waals surface area contributed by atoms with Gasteiger partial charge in [0.25, 0.3) is 5.91 Å². The number of anilines is 1. The fourth-order valence-corrected chi connectivity index (χ4v) is 5.25. The molecule has 2 aromatic carbocycles. The Morgan fingerprint density at radius 2 is 1.68 bits per heavy atom. The van der Waals surface area contributed by atoms with Crippen molar-refractivity contribution in [2.75, 3.05) is 31.1 Å². The molecule has 1 aromatic heterocycles. The van der Waals surface area contributed by atoms with Crippen LogP contribution >= 0.6 is 46.6 Å². The molecule has 2 aliphatic heterocycles. The number of amidine groups is 1. The van der Waals surface area contributed by atoms with E-state index in [0.29, 0.717) is 26.5 Å². The lowest BCUT2D eigenvalue weighted by molar-refractivity contribution is -0.113. The second-order valence-corrected chi connectivity index (χ2v) is 10.3. The first-order valence-corrected chi connectivity index (χ1v) is 12.7. The molecular formula is C25H20Cl3N3O2S. The molecule has 3 heterocycles. The SMILES string of the molecule is Cc1ccc(N2CCN(C3=NC(=O)C(=Cc4ccc(-c5ccc(Cl)c(Cl)c5)o4)S3)CC2)cc1Cl.